The first kappa shape index (κ1) is 16.2. The number of ether oxygens (including phenoxy) is 1. The Hall–Kier alpha value is -2.67. The van der Waals surface area contributed by atoms with Gasteiger partial charge in [0.25, 0.3) is 11.8 Å². The molecule has 0 radical (unpaired) electrons. The van der Waals surface area contributed by atoms with Crippen LogP contribution in [0.2, 0.25) is 0 Å². The van der Waals surface area contributed by atoms with E-state index in [1.54, 1.807) is 31.2 Å². The summed E-state index contributed by atoms with van der Waals surface area (Å²) < 4.78 is 10.4. The molecule has 1 atom stereocenters. The van der Waals surface area contributed by atoms with E-state index in [9.17, 15) is 9.59 Å². The van der Waals surface area contributed by atoms with Gasteiger partial charge in [-0.15, -0.1) is 0 Å². The molecular weight excluding hydrogens is 310 g/mol. The van der Waals surface area contributed by atoms with E-state index in [-0.39, 0.29) is 17.7 Å². The van der Waals surface area contributed by atoms with Crippen molar-refractivity contribution in [2.75, 3.05) is 18.5 Å². The van der Waals surface area contributed by atoms with Crippen LogP contribution < -0.4 is 10.6 Å². The van der Waals surface area contributed by atoms with Gasteiger partial charge in [0.2, 0.25) is 0 Å². The van der Waals surface area contributed by atoms with Crippen LogP contribution in [-0.2, 0) is 4.74 Å². The van der Waals surface area contributed by atoms with Crippen LogP contribution in [0.3, 0.4) is 0 Å². The summed E-state index contributed by atoms with van der Waals surface area (Å²) in [6.07, 6.45) is 2.03. The average Bonchev–Trinajstić information content (AvgIpc) is 3.24. The summed E-state index contributed by atoms with van der Waals surface area (Å²) in [7, 11) is 0. The van der Waals surface area contributed by atoms with Crippen molar-refractivity contribution in [1.29, 1.82) is 0 Å². The van der Waals surface area contributed by atoms with Gasteiger partial charge in [-0.25, -0.2) is 0 Å². The van der Waals surface area contributed by atoms with Crippen molar-refractivity contribution in [3.05, 3.63) is 47.3 Å². The molecular formula is C17H19N3O4. The maximum Gasteiger partial charge on any atom is 0.277 e. The van der Waals surface area contributed by atoms with E-state index in [0.29, 0.717) is 23.6 Å². The van der Waals surface area contributed by atoms with E-state index in [1.807, 2.05) is 0 Å². The summed E-state index contributed by atoms with van der Waals surface area (Å²) >= 11 is 0. The molecule has 0 bridgehead atoms. The van der Waals surface area contributed by atoms with Gasteiger partial charge in [0.05, 0.1) is 17.4 Å². The largest absolute Gasteiger partial charge is 0.376 e. The number of nitrogens with zero attached hydrogens (tertiary/aromatic N) is 1. The number of benzene rings is 1. The Morgan fingerprint density at radius 2 is 2.12 bits per heavy atom. The van der Waals surface area contributed by atoms with Gasteiger partial charge in [0.1, 0.15) is 5.76 Å². The molecule has 1 aromatic heterocycles. The van der Waals surface area contributed by atoms with E-state index in [1.165, 1.54) is 6.07 Å². The summed E-state index contributed by atoms with van der Waals surface area (Å²) in [5.74, 6) is -0.133. The Morgan fingerprint density at radius 3 is 2.83 bits per heavy atom. The predicted octanol–water partition coefficient (Wildman–Crippen LogP) is 2.14. The van der Waals surface area contributed by atoms with Crippen molar-refractivity contribution in [3.8, 4) is 0 Å². The molecule has 1 saturated heterocycles. The molecule has 1 aliphatic heterocycles. The Kier molecular flexibility index (Phi) is 4.90. The van der Waals surface area contributed by atoms with Crippen LogP contribution in [0.15, 0.2) is 34.9 Å². The molecule has 24 heavy (non-hydrogen) atoms. The molecule has 7 nitrogen and oxygen atoms in total. The molecule has 2 N–H and O–H groups in total. The van der Waals surface area contributed by atoms with E-state index in [0.717, 1.165) is 19.4 Å². The zero-order valence-corrected chi connectivity index (χ0v) is 13.4. The summed E-state index contributed by atoms with van der Waals surface area (Å²) in [6.45, 7) is 2.91. The van der Waals surface area contributed by atoms with Crippen molar-refractivity contribution >= 4 is 17.5 Å². The minimum absolute atomic E-state index is 0.0637. The number of hydrogen-bond donors (Lipinski definition) is 2. The average molecular weight is 329 g/mol. The van der Waals surface area contributed by atoms with Gasteiger partial charge >= 0.3 is 0 Å². The maximum absolute atomic E-state index is 12.4. The second kappa shape index (κ2) is 7.27. The topological polar surface area (TPSA) is 93.5 Å². The summed E-state index contributed by atoms with van der Waals surface area (Å²) in [6, 6.07) is 8.37. The number of rotatable bonds is 5. The van der Waals surface area contributed by atoms with Gasteiger partial charge in [0, 0.05) is 19.2 Å². The lowest BCUT2D eigenvalue weighted by atomic mass is 10.1. The van der Waals surface area contributed by atoms with E-state index < -0.39 is 5.91 Å². The molecule has 7 heteroatoms. The highest BCUT2D eigenvalue weighted by atomic mass is 16.5. The summed E-state index contributed by atoms with van der Waals surface area (Å²) in [4.78, 5) is 24.6. The first-order chi connectivity index (χ1) is 11.6. The van der Waals surface area contributed by atoms with Crippen LogP contribution in [-0.4, -0.2) is 36.2 Å². The number of amides is 2. The maximum atomic E-state index is 12.4. The zero-order chi connectivity index (χ0) is 16.9. The monoisotopic (exact) mass is 329 g/mol. The molecule has 2 heterocycles. The minimum Gasteiger partial charge on any atom is -0.376 e. The van der Waals surface area contributed by atoms with Crippen molar-refractivity contribution in [3.63, 3.8) is 0 Å². The SMILES string of the molecule is Cc1cc(C(=O)Nc2ccccc2C(=O)NCC2CCCO2)no1. The van der Waals surface area contributed by atoms with Gasteiger partial charge in [-0.3, -0.25) is 9.59 Å². The molecule has 1 unspecified atom stereocenters. The predicted molar refractivity (Wildman–Crippen MR) is 86.9 cm³/mol. The minimum atomic E-state index is -0.425. The smallest absolute Gasteiger partial charge is 0.277 e. The lowest BCUT2D eigenvalue weighted by Crippen LogP contribution is -2.32. The number of hydrogen-bond acceptors (Lipinski definition) is 5. The van der Waals surface area contributed by atoms with Crippen molar-refractivity contribution in [1.82, 2.24) is 10.5 Å². The standard InChI is InChI=1S/C17H19N3O4/c1-11-9-15(20-24-11)17(22)19-14-7-3-2-6-13(14)16(21)18-10-12-5-4-8-23-12/h2-3,6-7,9,12H,4-5,8,10H2,1H3,(H,18,21)(H,19,22). The van der Waals surface area contributed by atoms with E-state index in [4.69, 9.17) is 9.26 Å². The summed E-state index contributed by atoms with van der Waals surface area (Å²) in [5, 5.41) is 9.22. The van der Waals surface area contributed by atoms with Crippen LogP contribution in [0.4, 0.5) is 5.69 Å². The van der Waals surface area contributed by atoms with Crippen molar-refractivity contribution < 1.29 is 18.8 Å². The number of nitrogens with one attached hydrogen (secondary N) is 2. The third-order valence-corrected chi connectivity index (χ3v) is 3.79. The van der Waals surface area contributed by atoms with Crippen LogP contribution in [0, 0.1) is 6.92 Å². The number of para-hydroxylation sites is 1. The molecule has 126 valence electrons. The number of carbonyl (C=O) groups excluding carboxylic acids is 2. The fourth-order valence-electron chi connectivity index (χ4n) is 2.56. The van der Waals surface area contributed by atoms with Crippen molar-refractivity contribution in [2.45, 2.75) is 25.9 Å². The highest BCUT2D eigenvalue weighted by molar-refractivity contribution is 6.08. The molecule has 1 aliphatic rings. The quantitative estimate of drug-likeness (QED) is 0.876. The Balaban J connectivity index is 1.67. The Labute approximate surface area is 139 Å². The summed E-state index contributed by atoms with van der Waals surface area (Å²) in [5.41, 5.74) is 0.985. The van der Waals surface area contributed by atoms with Crippen LogP contribution >= 0.6 is 0 Å². The third kappa shape index (κ3) is 3.80. The molecule has 2 aromatic rings. The normalized spacial score (nSPS) is 16.8. The Bertz CT molecular complexity index is 735. The molecule has 0 aliphatic carbocycles. The van der Waals surface area contributed by atoms with Gasteiger partial charge in [-0.05, 0) is 31.9 Å². The fourth-order valence-corrected chi connectivity index (χ4v) is 2.56. The molecule has 2 amide bonds. The molecule has 1 fully saturated rings. The van der Waals surface area contributed by atoms with Gasteiger partial charge in [-0.1, -0.05) is 17.3 Å². The first-order valence-corrected chi connectivity index (χ1v) is 7.87. The second-order valence-corrected chi connectivity index (χ2v) is 5.67. The second-order valence-electron chi connectivity index (χ2n) is 5.67. The van der Waals surface area contributed by atoms with Gasteiger partial charge < -0.3 is 19.9 Å². The zero-order valence-electron chi connectivity index (χ0n) is 13.4. The molecule has 1 aromatic carbocycles. The number of aryl methyl sites for hydroxylation is 1. The number of carbonyl (C=O) groups is 2. The van der Waals surface area contributed by atoms with Crippen molar-refractivity contribution in [2.24, 2.45) is 0 Å². The Morgan fingerprint density at radius 1 is 1.29 bits per heavy atom. The highest BCUT2D eigenvalue weighted by Crippen LogP contribution is 2.17. The van der Waals surface area contributed by atoms with Crippen LogP contribution in [0.1, 0.15) is 39.4 Å². The van der Waals surface area contributed by atoms with E-state index >= 15 is 0 Å². The number of anilines is 1. The third-order valence-electron chi connectivity index (χ3n) is 3.79. The lowest BCUT2D eigenvalue weighted by Gasteiger charge is -2.13. The first-order valence-electron chi connectivity index (χ1n) is 7.87. The van der Waals surface area contributed by atoms with Crippen LogP contribution in [0.5, 0.6) is 0 Å². The van der Waals surface area contributed by atoms with Gasteiger partial charge in [0.15, 0.2) is 5.69 Å². The van der Waals surface area contributed by atoms with Crippen LogP contribution in [0.25, 0.3) is 0 Å². The molecule has 3 rings (SSSR count). The molecule has 0 spiro atoms. The number of aromatic nitrogens is 1. The fraction of sp³-hybridized carbons (Fsp3) is 0.353. The molecule has 0 saturated carbocycles. The van der Waals surface area contributed by atoms with Gasteiger partial charge in [-0.2, -0.15) is 0 Å². The lowest BCUT2D eigenvalue weighted by molar-refractivity contribution is 0.0858. The van der Waals surface area contributed by atoms with E-state index in [2.05, 4.69) is 15.8 Å². The highest BCUT2D eigenvalue weighted by Gasteiger charge is 2.19.